The molecule has 0 N–H and O–H groups in total. The molecule has 0 saturated carbocycles. The van der Waals surface area contributed by atoms with Crippen molar-refractivity contribution in [3.8, 4) is 0 Å². The van der Waals surface area contributed by atoms with Crippen LogP contribution in [0.5, 0.6) is 0 Å². The maximum Gasteiger partial charge on any atom is 0.323 e. The average Bonchev–Trinajstić information content (AvgIpc) is 2.90. The summed E-state index contributed by atoms with van der Waals surface area (Å²) in [6.45, 7) is 2.21. The number of rotatable bonds is 6. The number of halogens is 1. The van der Waals surface area contributed by atoms with Gasteiger partial charge in [0.25, 0.3) is 0 Å². The van der Waals surface area contributed by atoms with Crippen molar-refractivity contribution < 1.29 is 18.8 Å². The van der Waals surface area contributed by atoms with E-state index in [2.05, 4.69) is 10.1 Å². The van der Waals surface area contributed by atoms with Gasteiger partial charge in [0.1, 0.15) is 6.61 Å². The second kappa shape index (κ2) is 7.19. The van der Waals surface area contributed by atoms with Crippen molar-refractivity contribution in [3.05, 3.63) is 46.6 Å². The first-order valence-corrected chi connectivity index (χ1v) is 6.77. The molecule has 0 fully saturated rings. The summed E-state index contributed by atoms with van der Waals surface area (Å²) in [6.07, 6.45) is 0. The minimum absolute atomic E-state index is 0.169. The fraction of sp³-hybridized carbons (Fsp3) is 0.357. The highest BCUT2D eigenvalue weighted by Gasteiger charge is 2.30. The van der Waals surface area contributed by atoms with Gasteiger partial charge in [-0.2, -0.15) is 4.98 Å². The Morgan fingerprint density at radius 1 is 1.38 bits per heavy atom. The molecule has 1 unspecified atom stereocenters. The van der Waals surface area contributed by atoms with Gasteiger partial charge in [-0.25, -0.2) is 0 Å². The Hall–Kier alpha value is -1.92. The van der Waals surface area contributed by atoms with Crippen LogP contribution in [0.3, 0.4) is 0 Å². The fourth-order valence-corrected chi connectivity index (χ4v) is 1.96. The topological polar surface area (TPSA) is 74.5 Å². The third-order valence-electron chi connectivity index (χ3n) is 2.73. The molecule has 1 aromatic carbocycles. The zero-order chi connectivity index (χ0) is 15.2. The summed E-state index contributed by atoms with van der Waals surface area (Å²) in [5, 5.41) is 4.34. The summed E-state index contributed by atoms with van der Waals surface area (Å²) >= 11 is 5.86. The van der Waals surface area contributed by atoms with E-state index < -0.39 is 11.9 Å². The van der Waals surface area contributed by atoms with Crippen LogP contribution in [-0.2, 0) is 20.9 Å². The first-order chi connectivity index (χ1) is 10.2. The van der Waals surface area contributed by atoms with E-state index in [4.69, 9.17) is 25.6 Å². The molecule has 0 aliphatic heterocycles. The van der Waals surface area contributed by atoms with E-state index >= 15 is 0 Å². The van der Waals surface area contributed by atoms with Gasteiger partial charge in [0.15, 0.2) is 11.7 Å². The van der Waals surface area contributed by atoms with Crippen molar-refractivity contribution in [2.75, 3.05) is 13.7 Å². The van der Waals surface area contributed by atoms with Gasteiger partial charge in [-0.1, -0.05) is 28.9 Å². The van der Waals surface area contributed by atoms with Crippen molar-refractivity contribution in [2.45, 2.75) is 19.4 Å². The van der Waals surface area contributed by atoms with E-state index in [0.29, 0.717) is 16.4 Å². The van der Waals surface area contributed by atoms with Crippen molar-refractivity contribution in [3.63, 3.8) is 0 Å². The molecule has 1 aromatic heterocycles. The Balaban J connectivity index is 2.34. The molecule has 1 heterocycles. The summed E-state index contributed by atoms with van der Waals surface area (Å²) in [6, 6.07) is 6.83. The van der Waals surface area contributed by atoms with Crippen LogP contribution < -0.4 is 0 Å². The molecule has 1 atom stereocenters. The molecule has 21 heavy (non-hydrogen) atoms. The molecule has 0 radical (unpaired) electrons. The molecule has 0 aliphatic rings. The third-order valence-corrected chi connectivity index (χ3v) is 2.98. The molecular weight excluding hydrogens is 296 g/mol. The van der Waals surface area contributed by atoms with Crippen LogP contribution in [0, 0.1) is 0 Å². The Morgan fingerprint density at radius 3 is 2.71 bits per heavy atom. The lowest BCUT2D eigenvalue weighted by atomic mass is 9.99. The Morgan fingerprint density at radius 2 is 2.10 bits per heavy atom. The van der Waals surface area contributed by atoms with Crippen LogP contribution in [0.2, 0.25) is 5.02 Å². The predicted octanol–water partition coefficient (Wildman–Crippen LogP) is 2.56. The van der Waals surface area contributed by atoms with Gasteiger partial charge in [-0.15, -0.1) is 0 Å². The molecule has 0 spiro atoms. The zero-order valence-electron chi connectivity index (χ0n) is 11.7. The van der Waals surface area contributed by atoms with E-state index in [9.17, 15) is 4.79 Å². The SMILES string of the molecule is CCOC(=O)C(c1ccc(Cl)cc1)c1nc(COC)no1. The quantitative estimate of drug-likeness (QED) is 0.763. The van der Waals surface area contributed by atoms with Gasteiger partial charge in [-0.3, -0.25) is 4.79 Å². The van der Waals surface area contributed by atoms with Gasteiger partial charge in [0.2, 0.25) is 5.89 Å². The van der Waals surface area contributed by atoms with Crippen LogP contribution in [0.25, 0.3) is 0 Å². The lowest BCUT2D eigenvalue weighted by molar-refractivity contribution is -0.144. The Bertz CT molecular complexity index is 597. The minimum atomic E-state index is -0.777. The number of carbonyl (C=O) groups excluding carboxylic acids is 1. The maximum atomic E-state index is 12.2. The Kier molecular flexibility index (Phi) is 5.30. The van der Waals surface area contributed by atoms with Crippen molar-refractivity contribution in [1.29, 1.82) is 0 Å². The number of hydrogen-bond acceptors (Lipinski definition) is 6. The van der Waals surface area contributed by atoms with Gasteiger partial charge < -0.3 is 14.0 Å². The molecule has 6 nitrogen and oxygen atoms in total. The summed E-state index contributed by atoms with van der Waals surface area (Å²) in [5.41, 5.74) is 0.672. The number of carbonyl (C=O) groups is 1. The molecule has 0 saturated heterocycles. The molecule has 0 bridgehead atoms. The summed E-state index contributed by atoms with van der Waals surface area (Å²) in [5.74, 6) is -0.689. The third kappa shape index (κ3) is 3.80. The number of esters is 1. The van der Waals surface area contributed by atoms with E-state index in [-0.39, 0.29) is 19.1 Å². The molecule has 0 aliphatic carbocycles. The van der Waals surface area contributed by atoms with Crippen LogP contribution in [0.4, 0.5) is 0 Å². The van der Waals surface area contributed by atoms with Crippen LogP contribution in [-0.4, -0.2) is 29.8 Å². The standard InChI is InChI=1S/C14H15ClN2O4/c1-3-20-14(18)12(9-4-6-10(15)7-5-9)13-16-11(8-19-2)17-21-13/h4-7,12H,3,8H2,1-2H3. The van der Waals surface area contributed by atoms with Gasteiger partial charge >= 0.3 is 5.97 Å². The van der Waals surface area contributed by atoms with Crippen molar-refractivity contribution in [2.24, 2.45) is 0 Å². The summed E-state index contributed by atoms with van der Waals surface area (Å²) in [7, 11) is 1.53. The number of methoxy groups -OCH3 is 1. The van der Waals surface area contributed by atoms with Gasteiger partial charge in [0, 0.05) is 12.1 Å². The van der Waals surface area contributed by atoms with E-state index in [1.165, 1.54) is 7.11 Å². The summed E-state index contributed by atoms with van der Waals surface area (Å²) in [4.78, 5) is 16.3. The molecule has 2 rings (SSSR count). The van der Waals surface area contributed by atoms with Crippen LogP contribution >= 0.6 is 11.6 Å². The number of nitrogens with zero attached hydrogens (tertiary/aromatic N) is 2. The zero-order valence-corrected chi connectivity index (χ0v) is 12.5. The number of hydrogen-bond donors (Lipinski definition) is 0. The van der Waals surface area contributed by atoms with Crippen LogP contribution in [0.1, 0.15) is 30.1 Å². The lowest BCUT2D eigenvalue weighted by Gasteiger charge is -2.12. The highest BCUT2D eigenvalue weighted by atomic mass is 35.5. The second-order valence-corrected chi connectivity index (χ2v) is 4.65. The van der Waals surface area contributed by atoms with Gasteiger partial charge in [0.05, 0.1) is 6.61 Å². The predicted molar refractivity (Wildman–Crippen MR) is 74.9 cm³/mol. The second-order valence-electron chi connectivity index (χ2n) is 4.22. The number of aromatic nitrogens is 2. The molecule has 7 heteroatoms. The molecule has 2 aromatic rings. The van der Waals surface area contributed by atoms with E-state index in [1.54, 1.807) is 31.2 Å². The smallest absolute Gasteiger partial charge is 0.323 e. The summed E-state index contributed by atoms with van der Waals surface area (Å²) < 4.78 is 15.2. The normalized spacial score (nSPS) is 12.1. The Labute approximate surface area is 127 Å². The number of benzene rings is 1. The minimum Gasteiger partial charge on any atom is -0.465 e. The molecule has 0 amide bonds. The molecule has 112 valence electrons. The van der Waals surface area contributed by atoms with Crippen molar-refractivity contribution >= 4 is 17.6 Å². The van der Waals surface area contributed by atoms with Gasteiger partial charge in [-0.05, 0) is 24.6 Å². The first-order valence-electron chi connectivity index (χ1n) is 6.39. The van der Waals surface area contributed by atoms with E-state index in [1.807, 2.05) is 0 Å². The van der Waals surface area contributed by atoms with Crippen LogP contribution in [0.15, 0.2) is 28.8 Å². The number of ether oxygens (including phenoxy) is 2. The fourth-order valence-electron chi connectivity index (χ4n) is 1.83. The largest absolute Gasteiger partial charge is 0.465 e. The first kappa shape index (κ1) is 15.5. The maximum absolute atomic E-state index is 12.2. The molecular formula is C14H15ClN2O4. The lowest BCUT2D eigenvalue weighted by Crippen LogP contribution is -2.17. The monoisotopic (exact) mass is 310 g/mol. The average molecular weight is 311 g/mol. The van der Waals surface area contributed by atoms with E-state index in [0.717, 1.165) is 0 Å². The highest BCUT2D eigenvalue weighted by Crippen LogP contribution is 2.26. The highest BCUT2D eigenvalue weighted by molar-refractivity contribution is 6.30. The van der Waals surface area contributed by atoms with Crippen molar-refractivity contribution in [1.82, 2.24) is 10.1 Å².